The highest BCUT2D eigenvalue weighted by Crippen LogP contribution is 2.26. The lowest BCUT2D eigenvalue weighted by Crippen LogP contribution is -1.89. The van der Waals surface area contributed by atoms with E-state index in [1.54, 1.807) is 7.11 Å². The molecule has 0 radical (unpaired) electrons. The molecule has 3 rings (SSSR count). The Bertz CT molecular complexity index is 784. The lowest BCUT2D eigenvalue weighted by atomic mass is 10.1. The molecule has 0 amide bonds. The predicted octanol–water partition coefficient (Wildman–Crippen LogP) is 3.98. The number of nitrogens with zero attached hydrogens (tertiary/aromatic N) is 1. The minimum absolute atomic E-state index is 0.721. The zero-order valence-corrected chi connectivity index (χ0v) is 11.6. The number of benzene rings is 1. The second-order valence-corrected chi connectivity index (χ2v) is 4.81. The van der Waals surface area contributed by atoms with E-state index in [4.69, 9.17) is 17.0 Å². The third kappa shape index (κ3) is 1.94. The van der Waals surface area contributed by atoms with Crippen LogP contribution in [0.5, 0.6) is 5.75 Å². The van der Waals surface area contributed by atoms with Crippen LogP contribution in [0.2, 0.25) is 0 Å². The van der Waals surface area contributed by atoms with Crippen molar-refractivity contribution in [2.24, 2.45) is 0 Å². The third-order valence-electron chi connectivity index (χ3n) is 3.25. The van der Waals surface area contributed by atoms with Crippen molar-refractivity contribution in [3.63, 3.8) is 0 Å². The van der Waals surface area contributed by atoms with Crippen LogP contribution >= 0.6 is 12.2 Å². The van der Waals surface area contributed by atoms with E-state index >= 15 is 0 Å². The molecule has 1 N–H and O–H groups in total. The number of aryl methyl sites for hydroxylation is 1. The number of hydrogen-bond donors (Lipinski definition) is 1. The van der Waals surface area contributed by atoms with Crippen molar-refractivity contribution in [3.8, 4) is 17.0 Å². The van der Waals surface area contributed by atoms with Gasteiger partial charge in [-0.25, -0.2) is 0 Å². The first-order valence-electron chi connectivity index (χ1n) is 6.05. The van der Waals surface area contributed by atoms with E-state index in [1.807, 2.05) is 30.3 Å². The molecule has 0 atom stereocenters. The molecule has 3 nitrogen and oxygen atoms in total. The maximum Gasteiger partial charge on any atom is 0.182 e. The summed E-state index contributed by atoms with van der Waals surface area (Å²) in [5, 5.41) is 0. The van der Waals surface area contributed by atoms with Gasteiger partial charge in [-0.2, -0.15) is 0 Å². The highest BCUT2D eigenvalue weighted by Gasteiger charge is 2.08. The Morgan fingerprint density at radius 3 is 2.53 bits per heavy atom. The fourth-order valence-electron chi connectivity index (χ4n) is 2.29. The van der Waals surface area contributed by atoms with Gasteiger partial charge in [0.1, 0.15) is 5.75 Å². The number of methoxy groups -OCH3 is 1. The number of rotatable bonds is 2. The average molecular weight is 270 g/mol. The van der Waals surface area contributed by atoms with Crippen LogP contribution in [0.1, 0.15) is 5.69 Å². The first kappa shape index (κ1) is 12.0. The standard InChI is InChI=1S/C15H14N2OS/c1-10-4-3-5-13-14(16-15(19)17(10)13)11-6-8-12(18-2)9-7-11/h3-9H,1-2H3,(H,16,19). The maximum absolute atomic E-state index is 5.39. The topological polar surface area (TPSA) is 29.4 Å². The van der Waals surface area contributed by atoms with Gasteiger partial charge < -0.3 is 9.72 Å². The average Bonchev–Trinajstić information content (AvgIpc) is 2.78. The lowest BCUT2D eigenvalue weighted by molar-refractivity contribution is 0.415. The van der Waals surface area contributed by atoms with E-state index in [0.29, 0.717) is 0 Å². The second kappa shape index (κ2) is 4.55. The van der Waals surface area contributed by atoms with Crippen LogP contribution in [0.15, 0.2) is 42.5 Å². The van der Waals surface area contributed by atoms with Crippen LogP contribution in [0.4, 0.5) is 0 Å². The molecule has 96 valence electrons. The smallest absolute Gasteiger partial charge is 0.182 e. The van der Waals surface area contributed by atoms with Crippen molar-refractivity contribution >= 4 is 17.7 Å². The number of aromatic nitrogens is 2. The van der Waals surface area contributed by atoms with E-state index in [0.717, 1.165) is 33.0 Å². The zero-order chi connectivity index (χ0) is 13.4. The molecule has 0 spiro atoms. The first-order valence-corrected chi connectivity index (χ1v) is 6.46. The molecule has 0 saturated carbocycles. The number of hydrogen-bond acceptors (Lipinski definition) is 2. The molecule has 0 aliphatic rings. The molecule has 4 heteroatoms. The Labute approximate surface area is 116 Å². The first-order chi connectivity index (χ1) is 9.20. The maximum atomic E-state index is 5.39. The predicted molar refractivity (Wildman–Crippen MR) is 79.3 cm³/mol. The SMILES string of the molecule is COc1ccc(-c2[nH]c(=S)n3c(C)cccc23)cc1. The Balaban J connectivity index is 2.25. The summed E-state index contributed by atoms with van der Waals surface area (Å²) < 4.78 is 7.95. The van der Waals surface area contributed by atoms with Crippen LogP contribution in [-0.4, -0.2) is 16.5 Å². The lowest BCUT2D eigenvalue weighted by Gasteiger charge is -2.03. The van der Waals surface area contributed by atoms with E-state index in [2.05, 4.69) is 28.4 Å². The van der Waals surface area contributed by atoms with Crippen molar-refractivity contribution in [1.29, 1.82) is 0 Å². The van der Waals surface area contributed by atoms with Gasteiger partial charge in [0.05, 0.1) is 18.3 Å². The molecule has 3 aromatic rings. The molecule has 19 heavy (non-hydrogen) atoms. The number of ether oxygens (including phenoxy) is 1. The monoisotopic (exact) mass is 270 g/mol. The highest BCUT2D eigenvalue weighted by atomic mass is 32.1. The van der Waals surface area contributed by atoms with E-state index in [9.17, 15) is 0 Å². The third-order valence-corrected chi connectivity index (χ3v) is 3.54. The molecule has 2 aromatic heterocycles. The number of imidazole rings is 1. The summed E-state index contributed by atoms with van der Waals surface area (Å²) in [5.74, 6) is 0.849. The number of fused-ring (bicyclic) bond motifs is 1. The van der Waals surface area contributed by atoms with Crippen LogP contribution in [0, 0.1) is 11.7 Å². The van der Waals surface area contributed by atoms with Gasteiger partial charge in [-0.15, -0.1) is 0 Å². The Kier molecular flexibility index (Phi) is 2.87. The van der Waals surface area contributed by atoms with Gasteiger partial charge in [0.2, 0.25) is 0 Å². The van der Waals surface area contributed by atoms with E-state index in [-0.39, 0.29) is 0 Å². The van der Waals surface area contributed by atoms with Crippen molar-refractivity contribution < 1.29 is 4.74 Å². The molecule has 0 fully saturated rings. The minimum Gasteiger partial charge on any atom is -0.497 e. The number of nitrogens with one attached hydrogen (secondary N) is 1. The van der Waals surface area contributed by atoms with Gasteiger partial charge in [0, 0.05) is 11.3 Å². The fourth-order valence-corrected chi connectivity index (χ4v) is 2.63. The quantitative estimate of drug-likeness (QED) is 0.714. The number of pyridine rings is 1. The van der Waals surface area contributed by atoms with Gasteiger partial charge in [-0.05, 0) is 55.5 Å². The summed E-state index contributed by atoms with van der Waals surface area (Å²) in [6.07, 6.45) is 0. The Morgan fingerprint density at radius 2 is 1.84 bits per heavy atom. The molecule has 0 bridgehead atoms. The summed E-state index contributed by atoms with van der Waals surface area (Å²) >= 11 is 5.39. The van der Waals surface area contributed by atoms with Crippen molar-refractivity contribution in [3.05, 3.63) is 52.9 Å². The van der Waals surface area contributed by atoms with Gasteiger partial charge >= 0.3 is 0 Å². The molecular weight excluding hydrogens is 256 g/mol. The van der Waals surface area contributed by atoms with Gasteiger partial charge in [0.25, 0.3) is 0 Å². The van der Waals surface area contributed by atoms with Gasteiger partial charge in [0.15, 0.2) is 4.77 Å². The Morgan fingerprint density at radius 1 is 1.11 bits per heavy atom. The van der Waals surface area contributed by atoms with E-state index in [1.165, 1.54) is 0 Å². The summed E-state index contributed by atoms with van der Waals surface area (Å²) in [7, 11) is 1.67. The van der Waals surface area contributed by atoms with Crippen molar-refractivity contribution in [1.82, 2.24) is 9.38 Å². The molecule has 0 aliphatic carbocycles. The molecule has 0 saturated heterocycles. The molecule has 2 heterocycles. The largest absolute Gasteiger partial charge is 0.497 e. The van der Waals surface area contributed by atoms with Crippen LogP contribution in [0.25, 0.3) is 16.8 Å². The van der Waals surface area contributed by atoms with Crippen LogP contribution < -0.4 is 4.74 Å². The molecular formula is C15H14N2OS. The fraction of sp³-hybridized carbons (Fsp3) is 0.133. The van der Waals surface area contributed by atoms with Crippen molar-refractivity contribution in [2.45, 2.75) is 6.92 Å². The summed E-state index contributed by atoms with van der Waals surface area (Å²) in [6.45, 7) is 2.05. The summed E-state index contributed by atoms with van der Waals surface area (Å²) in [6, 6.07) is 14.1. The normalized spacial score (nSPS) is 10.8. The second-order valence-electron chi connectivity index (χ2n) is 4.42. The number of aromatic amines is 1. The van der Waals surface area contributed by atoms with E-state index < -0.39 is 0 Å². The minimum atomic E-state index is 0.721. The molecule has 1 aromatic carbocycles. The molecule has 0 unspecified atom stereocenters. The number of H-pyrrole nitrogens is 1. The van der Waals surface area contributed by atoms with Crippen molar-refractivity contribution in [2.75, 3.05) is 7.11 Å². The van der Waals surface area contributed by atoms with Gasteiger partial charge in [-0.3, -0.25) is 4.40 Å². The summed E-state index contributed by atoms with van der Waals surface area (Å²) in [5.41, 5.74) is 4.35. The van der Waals surface area contributed by atoms with Gasteiger partial charge in [-0.1, -0.05) is 6.07 Å². The van der Waals surface area contributed by atoms with Crippen LogP contribution in [0.3, 0.4) is 0 Å². The molecule has 0 aliphatic heterocycles. The van der Waals surface area contributed by atoms with Crippen LogP contribution in [-0.2, 0) is 0 Å². The summed E-state index contributed by atoms with van der Waals surface area (Å²) in [4.78, 5) is 3.28. The Hall–Kier alpha value is -2.07. The zero-order valence-electron chi connectivity index (χ0n) is 10.8. The highest BCUT2D eigenvalue weighted by molar-refractivity contribution is 7.71.